The van der Waals surface area contributed by atoms with E-state index in [0.717, 1.165) is 15.6 Å². The van der Waals surface area contributed by atoms with Crippen LogP contribution in [0.3, 0.4) is 0 Å². The molecule has 0 aliphatic rings. The first-order chi connectivity index (χ1) is 11.0. The number of nitrogens with one attached hydrogen (secondary N) is 2. The van der Waals surface area contributed by atoms with Crippen LogP contribution in [0.15, 0.2) is 59.1 Å². The number of amides is 2. The summed E-state index contributed by atoms with van der Waals surface area (Å²) in [5.74, 6) is -0.375. The van der Waals surface area contributed by atoms with Crippen LogP contribution < -0.4 is 10.6 Å². The average molecular weight is 375 g/mol. The lowest BCUT2D eigenvalue weighted by Gasteiger charge is -2.15. The van der Waals surface area contributed by atoms with Gasteiger partial charge in [-0.3, -0.25) is 9.59 Å². The highest BCUT2D eigenvalue weighted by Crippen LogP contribution is 2.17. The maximum absolute atomic E-state index is 11.9. The molecule has 0 bridgehead atoms. The molecule has 120 valence electrons. The molecule has 1 unspecified atom stereocenters. The third kappa shape index (κ3) is 5.87. The van der Waals surface area contributed by atoms with Gasteiger partial charge in [-0.15, -0.1) is 0 Å². The van der Waals surface area contributed by atoms with E-state index in [-0.39, 0.29) is 30.8 Å². The molecule has 0 fully saturated rings. The molecular weight excluding hydrogens is 356 g/mol. The van der Waals surface area contributed by atoms with E-state index in [4.69, 9.17) is 0 Å². The topological polar surface area (TPSA) is 58.2 Å². The van der Waals surface area contributed by atoms with Gasteiger partial charge in [-0.1, -0.05) is 58.4 Å². The van der Waals surface area contributed by atoms with Crippen LogP contribution in [0.4, 0.5) is 0 Å². The van der Waals surface area contributed by atoms with E-state index in [1.165, 1.54) is 0 Å². The summed E-state index contributed by atoms with van der Waals surface area (Å²) >= 11 is 3.41. The van der Waals surface area contributed by atoms with Crippen LogP contribution in [0.1, 0.15) is 24.1 Å². The molecule has 0 spiro atoms. The Morgan fingerprint density at radius 3 is 2.48 bits per heavy atom. The molecule has 0 saturated heterocycles. The molecule has 0 radical (unpaired) electrons. The number of carbonyl (C=O) groups is 2. The fourth-order valence-corrected chi connectivity index (χ4v) is 2.59. The molecule has 2 N–H and O–H groups in total. The first-order valence-corrected chi connectivity index (χ1v) is 8.19. The Balaban J connectivity index is 1.77. The van der Waals surface area contributed by atoms with Gasteiger partial charge in [0.25, 0.3) is 0 Å². The summed E-state index contributed by atoms with van der Waals surface area (Å²) in [4.78, 5) is 23.8. The Hall–Kier alpha value is -2.14. The van der Waals surface area contributed by atoms with Crippen LogP contribution in [-0.2, 0) is 16.0 Å². The minimum Gasteiger partial charge on any atom is -0.348 e. The summed E-state index contributed by atoms with van der Waals surface area (Å²) in [6.07, 6.45) is 0.273. The Kier molecular flexibility index (Phi) is 6.35. The fourth-order valence-electron chi connectivity index (χ4n) is 2.17. The smallest absolute Gasteiger partial charge is 0.239 e. The van der Waals surface area contributed by atoms with Gasteiger partial charge in [-0.2, -0.15) is 0 Å². The van der Waals surface area contributed by atoms with E-state index in [1.54, 1.807) is 0 Å². The van der Waals surface area contributed by atoms with Crippen LogP contribution in [0.25, 0.3) is 0 Å². The summed E-state index contributed by atoms with van der Waals surface area (Å²) in [6, 6.07) is 17.1. The van der Waals surface area contributed by atoms with Crippen molar-refractivity contribution in [3.05, 3.63) is 70.2 Å². The van der Waals surface area contributed by atoms with Gasteiger partial charge in [-0.25, -0.2) is 0 Å². The lowest BCUT2D eigenvalue weighted by Crippen LogP contribution is -2.38. The van der Waals surface area contributed by atoms with Crippen molar-refractivity contribution in [1.82, 2.24) is 10.6 Å². The lowest BCUT2D eigenvalue weighted by molar-refractivity contribution is -0.126. The molecule has 5 heteroatoms. The van der Waals surface area contributed by atoms with Gasteiger partial charge in [0.05, 0.1) is 19.0 Å². The molecule has 0 saturated carbocycles. The zero-order valence-electron chi connectivity index (χ0n) is 12.9. The van der Waals surface area contributed by atoms with Crippen molar-refractivity contribution in [2.75, 3.05) is 6.54 Å². The summed E-state index contributed by atoms with van der Waals surface area (Å²) < 4.78 is 0.965. The minimum atomic E-state index is -0.209. The maximum Gasteiger partial charge on any atom is 0.239 e. The van der Waals surface area contributed by atoms with Crippen molar-refractivity contribution >= 4 is 27.7 Å². The Bertz CT molecular complexity index is 674. The maximum atomic E-state index is 11.9. The molecule has 2 aromatic carbocycles. The van der Waals surface area contributed by atoms with Gasteiger partial charge in [0, 0.05) is 4.47 Å². The molecule has 2 amide bonds. The predicted octanol–water partition coefficient (Wildman–Crippen LogP) is 2.99. The van der Waals surface area contributed by atoms with Crippen molar-refractivity contribution in [1.29, 1.82) is 0 Å². The van der Waals surface area contributed by atoms with Crippen molar-refractivity contribution < 1.29 is 9.59 Å². The highest BCUT2D eigenvalue weighted by atomic mass is 79.9. The van der Waals surface area contributed by atoms with Crippen LogP contribution in [0.5, 0.6) is 0 Å². The number of rotatable bonds is 6. The van der Waals surface area contributed by atoms with Gasteiger partial charge in [-0.05, 0) is 30.2 Å². The van der Waals surface area contributed by atoms with Crippen LogP contribution >= 0.6 is 15.9 Å². The summed E-state index contributed by atoms with van der Waals surface area (Å²) in [5, 5.41) is 5.51. The van der Waals surface area contributed by atoms with Crippen molar-refractivity contribution in [3.8, 4) is 0 Å². The van der Waals surface area contributed by atoms with Gasteiger partial charge >= 0.3 is 0 Å². The Morgan fingerprint density at radius 1 is 1.04 bits per heavy atom. The van der Waals surface area contributed by atoms with E-state index in [0.29, 0.717) is 0 Å². The number of halogens is 1. The third-order valence-electron chi connectivity index (χ3n) is 3.38. The number of carbonyl (C=O) groups excluding carboxylic acids is 2. The van der Waals surface area contributed by atoms with E-state index in [1.807, 2.05) is 61.5 Å². The second-order valence-electron chi connectivity index (χ2n) is 5.28. The second-order valence-corrected chi connectivity index (χ2v) is 6.20. The molecule has 4 nitrogen and oxygen atoms in total. The van der Waals surface area contributed by atoms with Gasteiger partial charge in [0.2, 0.25) is 11.8 Å². The number of benzene rings is 2. The van der Waals surface area contributed by atoms with Crippen LogP contribution in [0, 0.1) is 0 Å². The summed E-state index contributed by atoms with van der Waals surface area (Å²) in [6.45, 7) is 1.88. The minimum absolute atomic E-state index is 0.0238. The number of hydrogen-bond acceptors (Lipinski definition) is 2. The second kappa shape index (κ2) is 8.48. The zero-order valence-corrected chi connectivity index (χ0v) is 14.5. The lowest BCUT2D eigenvalue weighted by atomic mass is 10.1. The molecule has 23 heavy (non-hydrogen) atoms. The summed E-state index contributed by atoms with van der Waals surface area (Å²) in [5.41, 5.74) is 1.93. The fraction of sp³-hybridized carbons (Fsp3) is 0.222. The predicted molar refractivity (Wildman–Crippen MR) is 93.9 cm³/mol. The van der Waals surface area contributed by atoms with E-state index in [9.17, 15) is 9.59 Å². The Morgan fingerprint density at radius 2 is 1.78 bits per heavy atom. The van der Waals surface area contributed by atoms with E-state index < -0.39 is 0 Å². The van der Waals surface area contributed by atoms with Crippen molar-refractivity contribution in [2.24, 2.45) is 0 Å². The zero-order chi connectivity index (χ0) is 16.7. The molecule has 2 rings (SSSR count). The largest absolute Gasteiger partial charge is 0.348 e. The van der Waals surface area contributed by atoms with Crippen molar-refractivity contribution in [3.63, 3.8) is 0 Å². The van der Waals surface area contributed by atoms with Gasteiger partial charge in [0.15, 0.2) is 0 Å². The molecule has 2 aromatic rings. The van der Waals surface area contributed by atoms with Gasteiger partial charge in [0.1, 0.15) is 0 Å². The number of hydrogen-bond donors (Lipinski definition) is 2. The average Bonchev–Trinajstić information content (AvgIpc) is 2.54. The van der Waals surface area contributed by atoms with Crippen molar-refractivity contribution in [2.45, 2.75) is 19.4 Å². The summed E-state index contributed by atoms with van der Waals surface area (Å²) in [7, 11) is 0. The first kappa shape index (κ1) is 17.2. The van der Waals surface area contributed by atoms with Gasteiger partial charge < -0.3 is 10.6 Å². The first-order valence-electron chi connectivity index (χ1n) is 7.40. The van der Waals surface area contributed by atoms with E-state index >= 15 is 0 Å². The molecule has 0 aliphatic carbocycles. The van der Waals surface area contributed by atoms with E-state index in [2.05, 4.69) is 26.6 Å². The monoisotopic (exact) mass is 374 g/mol. The molecule has 0 aromatic heterocycles. The Labute approximate surface area is 144 Å². The molecular formula is C18H19BrN2O2. The van der Waals surface area contributed by atoms with Crippen LogP contribution in [0.2, 0.25) is 0 Å². The quantitative estimate of drug-likeness (QED) is 0.816. The SMILES string of the molecule is CC(NC(=O)CNC(=O)Cc1ccccc1)c1cccc(Br)c1. The molecule has 0 heterocycles. The normalized spacial score (nSPS) is 11.6. The molecule has 0 aliphatic heterocycles. The molecule has 1 atom stereocenters. The third-order valence-corrected chi connectivity index (χ3v) is 3.87. The highest BCUT2D eigenvalue weighted by Gasteiger charge is 2.11. The van der Waals surface area contributed by atoms with Crippen LogP contribution in [-0.4, -0.2) is 18.4 Å². The standard InChI is InChI=1S/C18H19BrN2O2/c1-13(15-8-5-9-16(19)11-15)21-18(23)12-20-17(22)10-14-6-3-2-4-7-14/h2-9,11,13H,10,12H2,1H3,(H,20,22)(H,21,23). The highest BCUT2D eigenvalue weighted by molar-refractivity contribution is 9.10.